The second-order valence-corrected chi connectivity index (χ2v) is 6.65. The third kappa shape index (κ3) is 2.83. The van der Waals surface area contributed by atoms with Crippen LogP contribution in [0.5, 0.6) is 0 Å². The van der Waals surface area contributed by atoms with E-state index in [0.29, 0.717) is 12.3 Å². The molecule has 0 unspecified atom stereocenters. The number of hydrogen-bond acceptors (Lipinski definition) is 5. The van der Waals surface area contributed by atoms with Crippen LogP contribution in [0.1, 0.15) is 43.0 Å². The van der Waals surface area contributed by atoms with E-state index in [1.54, 1.807) is 0 Å². The molecule has 1 amide bonds. The summed E-state index contributed by atoms with van der Waals surface area (Å²) in [6.07, 6.45) is 4.09. The Morgan fingerprint density at radius 1 is 1.27 bits per heavy atom. The lowest BCUT2D eigenvalue weighted by atomic mass is 10.2. The van der Waals surface area contributed by atoms with Crippen LogP contribution in [0.25, 0.3) is 0 Å². The second kappa shape index (κ2) is 5.68. The van der Waals surface area contributed by atoms with Crippen molar-refractivity contribution in [3.05, 3.63) is 35.7 Å². The molecular formula is C16H18N4OS. The lowest BCUT2D eigenvalue weighted by Crippen LogP contribution is -2.23. The lowest BCUT2D eigenvalue weighted by molar-refractivity contribution is -0.117. The number of carbonyl (C=O) groups is 1. The Bertz CT molecular complexity index is 678. The molecule has 2 fully saturated rings. The molecule has 1 aliphatic carbocycles. The molecule has 1 saturated carbocycles. The minimum atomic E-state index is 0.229. The van der Waals surface area contributed by atoms with E-state index in [0.717, 1.165) is 36.2 Å². The van der Waals surface area contributed by atoms with Gasteiger partial charge in [0.1, 0.15) is 5.82 Å². The number of nitrogens with zero attached hydrogens (tertiary/aromatic N) is 3. The van der Waals surface area contributed by atoms with Gasteiger partial charge in [-0.1, -0.05) is 12.1 Å². The van der Waals surface area contributed by atoms with Crippen molar-refractivity contribution in [2.45, 2.75) is 38.1 Å². The predicted molar refractivity (Wildman–Crippen MR) is 87.2 cm³/mol. The Balaban J connectivity index is 1.37. The molecule has 2 aliphatic rings. The van der Waals surface area contributed by atoms with Gasteiger partial charge in [-0.15, -0.1) is 0 Å². The fourth-order valence-electron chi connectivity index (χ4n) is 2.71. The summed E-state index contributed by atoms with van der Waals surface area (Å²) in [5.74, 6) is 1.83. The van der Waals surface area contributed by atoms with E-state index in [-0.39, 0.29) is 5.91 Å². The van der Waals surface area contributed by atoms with Crippen LogP contribution in [-0.4, -0.2) is 21.8 Å². The molecule has 1 aliphatic heterocycles. The van der Waals surface area contributed by atoms with Crippen LogP contribution in [0.2, 0.25) is 0 Å². The van der Waals surface area contributed by atoms with Crippen LogP contribution >= 0.6 is 11.5 Å². The lowest BCUT2D eigenvalue weighted by Gasteiger charge is -2.15. The van der Waals surface area contributed by atoms with E-state index < -0.39 is 0 Å². The van der Waals surface area contributed by atoms with Gasteiger partial charge in [0, 0.05) is 42.6 Å². The van der Waals surface area contributed by atoms with E-state index in [1.165, 1.54) is 29.9 Å². The summed E-state index contributed by atoms with van der Waals surface area (Å²) in [6, 6.07) is 8.18. The highest BCUT2D eigenvalue weighted by Crippen LogP contribution is 2.39. The van der Waals surface area contributed by atoms with Gasteiger partial charge in [-0.05, 0) is 37.0 Å². The van der Waals surface area contributed by atoms with Gasteiger partial charge in [-0.3, -0.25) is 4.79 Å². The average molecular weight is 314 g/mol. The average Bonchev–Trinajstić information content (AvgIpc) is 3.13. The van der Waals surface area contributed by atoms with Crippen molar-refractivity contribution in [3.63, 3.8) is 0 Å². The smallest absolute Gasteiger partial charge is 0.227 e. The second-order valence-electron chi connectivity index (χ2n) is 5.90. The Kier molecular flexibility index (Phi) is 3.54. The van der Waals surface area contributed by atoms with E-state index in [4.69, 9.17) is 0 Å². The minimum absolute atomic E-state index is 0.229. The maximum atomic E-state index is 11.7. The molecule has 1 saturated heterocycles. The number of benzene rings is 1. The third-order valence-corrected chi connectivity index (χ3v) is 4.84. The molecule has 2 heterocycles. The van der Waals surface area contributed by atoms with Crippen molar-refractivity contribution >= 4 is 28.3 Å². The summed E-state index contributed by atoms with van der Waals surface area (Å²) in [6.45, 7) is 1.57. The van der Waals surface area contributed by atoms with Crippen LogP contribution in [0.3, 0.4) is 0 Å². The van der Waals surface area contributed by atoms with Crippen molar-refractivity contribution in [1.29, 1.82) is 0 Å². The molecular weight excluding hydrogens is 296 g/mol. The number of aromatic nitrogens is 2. The van der Waals surface area contributed by atoms with Gasteiger partial charge >= 0.3 is 0 Å². The highest BCUT2D eigenvalue weighted by molar-refractivity contribution is 7.09. The van der Waals surface area contributed by atoms with Gasteiger partial charge in [-0.25, -0.2) is 4.98 Å². The SMILES string of the molecule is O=C1CCCN1c1ccc(CNc2nc(C3CC3)ns2)cc1. The molecule has 0 spiro atoms. The Hall–Kier alpha value is -1.95. The van der Waals surface area contributed by atoms with Crippen LogP contribution < -0.4 is 10.2 Å². The van der Waals surface area contributed by atoms with Gasteiger partial charge in [0.2, 0.25) is 11.0 Å². The maximum Gasteiger partial charge on any atom is 0.227 e. The molecule has 0 radical (unpaired) electrons. The monoisotopic (exact) mass is 314 g/mol. The van der Waals surface area contributed by atoms with Crippen molar-refractivity contribution in [1.82, 2.24) is 9.36 Å². The number of anilines is 2. The van der Waals surface area contributed by atoms with Crippen LogP contribution in [0.4, 0.5) is 10.8 Å². The molecule has 5 nitrogen and oxygen atoms in total. The fraction of sp³-hybridized carbons (Fsp3) is 0.438. The first kappa shape index (κ1) is 13.7. The summed E-state index contributed by atoms with van der Waals surface area (Å²) in [5.41, 5.74) is 2.18. The summed E-state index contributed by atoms with van der Waals surface area (Å²) in [4.78, 5) is 18.1. The van der Waals surface area contributed by atoms with Gasteiger partial charge in [0.05, 0.1) is 0 Å². The topological polar surface area (TPSA) is 58.1 Å². The summed E-state index contributed by atoms with van der Waals surface area (Å²) >= 11 is 1.44. The van der Waals surface area contributed by atoms with Gasteiger partial charge in [-0.2, -0.15) is 4.37 Å². The largest absolute Gasteiger partial charge is 0.356 e. The number of rotatable bonds is 5. The first-order valence-corrected chi connectivity index (χ1v) is 8.54. The van der Waals surface area contributed by atoms with Crippen molar-refractivity contribution in [2.75, 3.05) is 16.8 Å². The number of nitrogens with one attached hydrogen (secondary N) is 1. The zero-order valence-corrected chi connectivity index (χ0v) is 13.1. The molecule has 1 aromatic carbocycles. The van der Waals surface area contributed by atoms with Gasteiger partial charge in [0.25, 0.3) is 0 Å². The number of hydrogen-bond donors (Lipinski definition) is 1. The Morgan fingerprint density at radius 2 is 2.09 bits per heavy atom. The van der Waals surface area contributed by atoms with Gasteiger partial charge in [0.15, 0.2) is 0 Å². The fourth-order valence-corrected chi connectivity index (χ4v) is 3.35. The molecule has 114 valence electrons. The first-order valence-electron chi connectivity index (χ1n) is 7.76. The molecule has 0 atom stereocenters. The molecule has 1 aromatic heterocycles. The van der Waals surface area contributed by atoms with Crippen LogP contribution in [-0.2, 0) is 11.3 Å². The molecule has 22 heavy (non-hydrogen) atoms. The van der Waals surface area contributed by atoms with Crippen LogP contribution in [0, 0.1) is 0 Å². The molecule has 6 heteroatoms. The maximum absolute atomic E-state index is 11.7. The van der Waals surface area contributed by atoms with E-state index >= 15 is 0 Å². The van der Waals surface area contributed by atoms with Crippen LogP contribution in [0.15, 0.2) is 24.3 Å². The predicted octanol–water partition coefficient (Wildman–Crippen LogP) is 3.15. The van der Waals surface area contributed by atoms with Crippen molar-refractivity contribution < 1.29 is 4.79 Å². The number of carbonyl (C=O) groups excluding carboxylic acids is 1. The standard InChI is InChI=1S/C16H18N4OS/c21-14-2-1-9-20(14)13-7-3-11(4-8-13)10-17-16-18-15(19-22-16)12-5-6-12/h3-4,7-8,12H,1-2,5-6,9-10H2,(H,17,18,19). The van der Waals surface area contributed by atoms with Crippen molar-refractivity contribution in [2.24, 2.45) is 0 Å². The number of amides is 1. The molecule has 0 bridgehead atoms. The zero-order chi connectivity index (χ0) is 14.9. The quantitative estimate of drug-likeness (QED) is 0.921. The normalized spacial score (nSPS) is 18.0. The van der Waals surface area contributed by atoms with E-state index in [1.807, 2.05) is 17.0 Å². The molecule has 2 aromatic rings. The first-order chi connectivity index (χ1) is 10.8. The summed E-state index contributed by atoms with van der Waals surface area (Å²) < 4.78 is 4.39. The molecule has 1 N–H and O–H groups in total. The van der Waals surface area contributed by atoms with Gasteiger partial charge < -0.3 is 10.2 Å². The van der Waals surface area contributed by atoms with E-state index in [9.17, 15) is 4.79 Å². The molecule has 4 rings (SSSR count). The summed E-state index contributed by atoms with van der Waals surface area (Å²) in [7, 11) is 0. The van der Waals surface area contributed by atoms with Crippen molar-refractivity contribution in [3.8, 4) is 0 Å². The highest BCUT2D eigenvalue weighted by Gasteiger charge is 2.27. The Labute approximate surface area is 133 Å². The highest BCUT2D eigenvalue weighted by atomic mass is 32.1. The zero-order valence-electron chi connectivity index (χ0n) is 12.3. The Morgan fingerprint density at radius 3 is 2.77 bits per heavy atom. The minimum Gasteiger partial charge on any atom is -0.356 e. The summed E-state index contributed by atoms with van der Waals surface area (Å²) in [5, 5.41) is 4.22. The van der Waals surface area contributed by atoms with E-state index in [2.05, 4.69) is 26.8 Å². The third-order valence-electron chi connectivity index (χ3n) is 4.15.